The fourth-order valence-electron chi connectivity index (χ4n) is 3.62. The Kier molecular flexibility index (Phi) is 5.42. The van der Waals surface area contributed by atoms with Gasteiger partial charge in [0.25, 0.3) is 0 Å². The Morgan fingerprint density at radius 3 is 2.58 bits per heavy atom. The second-order valence-electron chi connectivity index (χ2n) is 8.08. The lowest BCUT2D eigenvalue weighted by molar-refractivity contribution is 0.1000. The number of halogens is 1. The molecule has 138 valence electrons. The quantitative estimate of drug-likeness (QED) is 0.821. The first-order valence-electron chi connectivity index (χ1n) is 9.26. The number of benzene rings is 2. The molecule has 0 aromatic heterocycles. The van der Waals surface area contributed by atoms with Crippen molar-refractivity contribution >= 4 is 5.91 Å². The zero-order valence-corrected chi connectivity index (χ0v) is 15.5. The minimum absolute atomic E-state index is 0.185. The topological polar surface area (TPSA) is 55.1 Å². The van der Waals surface area contributed by atoms with Crippen LogP contribution in [0.1, 0.15) is 55.5 Å². The van der Waals surface area contributed by atoms with Crippen molar-refractivity contribution in [3.63, 3.8) is 0 Å². The monoisotopic (exact) mass is 354 g/mol. The summed E-state index contributed by atoms with van der Waals surface area (Å²) in [5, 5.41) is 3.64. The molecule has 1 saturated carbocycles. The van der Waals surface area contributed by atoms with E-state index in [2.05, 4.69) is 25.2 Å². The average molecular weight is 354 g/mol. The summed E-state index contributed by atoms with van der Waals surface area (Å²) in [6, 6.07) is 12.8. The number of hydrogen-bond acceptors (Lipinski definition) is 2. The Morgan fingerprint density at radius 1 is 1.19 bits per heavy atom. The number of primary amides is 1. The van der Waals surface area contributed by atoms with Crippen LogP contribution in [0.5, 0.6) is 0 Å². The number of amides is 1. The number of nitrogens with two attached hydrogens (primary N) is 1. The van der Waals surface area contributed by atoms with Crippen molar-refractivity contribution in [2.75, 3.05) is 0 Å². The molecule has 0 radical (unpaired) electrons. The summed E-state index contributed by atoms with van der Waals surface area (Å²) in [7, 11) is 0. The van der Waals surface area contributed by atoms with E-state index in [4.69, 9.17) is 5.73 Å². The van der Waals surface area contributed by atoms with Gasteiger partial charge in [-0.05, 0) is 60.4 Å². The molecule has 1 amide bonds. The van der Waals surface area contributed by atoms with Gasteiger partial charge in [0.1, 0.15) is 5.82 Å². The molecule has 3 rings (SSSR count). The van der Waals surface area contributed by atoms with Crippen molar-refractivity contribution in [1.82, 2.24) is 5.32 Å². The van der Waals surface area contributed by atoms with E-state index in [1.54, 1.807) is 12.1 Å². The zero-order valence-electron chi connectivity index (χ0n) is 15.5. The predicted octanol–water partition coefficient (Wildman–Crippen LogP) is 4.65. The van der Waals surface area contributed by atoms with Gasteiger partial charge in [-0.15, -0.1) is 0 Å². The molecule has 2 aromatic rings. The van der Waals surface area contributed by atoms with Crippen molar-refractivity contribution in [2.45, 2.75) is 52.1 Å². The van der Waals surface area contributed by atoms with Crippen molar-refractivity contribution in [3.8, 4) is 11.1 Å². The van der Waals surface area contributed by atoms with E-state index in [0.29, 0.717) is 17.0 Å². The molecule has 0 bridgehead atoms. The Bertz CT molecular complexity index is 790. The van der Waals surface area contributed by atoms with E-state index in [0.717, 1.165) is 17.7 Å². The maximum atomic E-state index is 14.4. The number of rotatable bonds is 5. The summed E-state index contributed by atoms with van der Waals surface area (Å²) in [6.07, 6.45) is 4.91. The first kappa shape index (κ1) is 18.6. The van der Waals surface area contributed by atoms with E-state index in [9.17, 15) is 9.18 Å². The van der Waals surface area contributed by atoms with Crippen molar-refractivity contribution < 1.29 is 9.18 Å². The van der Waals surface area contributed by atoms with Crippen LogP contribution in [-0.2, 0) is 6.54 Å². The Morgan fingerprint density at radius 2 is 1.92 bits per heavy atom. The van der Waals surface area contributed by atoms with Crippen LogP contribution in [0.15, 0.2) is 42.5 Å². The lowest BCUT2D eigenvalue weighted by atomic mass is 9.75. The molecule has 1 fully saturated rings. The lowest BCUT2D eigenvalue weighted by Gasteiger charge is -2.34. The lowest BCUT2D eigenvalue weighted by Crippen LogP contribution is -2.35. The Hall–Kier alpha value is -2.20. The molecule has 2 aromatic carbocycles. The maximum absolute atomic E-state index is 14.4. The van der Waals surface area contributed by atoms with Gasteiger partial charge < -0.3 is 11.1 Å². The van der Waals surface area contributed by atoms with Crippen LogP contribution in [0.25, 0.3) is 11.1 Å². The van der Waals surface area contributed by atoms with Crippen LogP contribution in [0, 0.1) is 11.2 Å². The van der Waals surface area contributed by atoms with Gasteiger partial charge in [-0.2, -0.15) is 0 Å². The smallest absolute Gasteiger partial charge is 0.248 e. The highest BCUT2D eigenvalue weighted by Gasteiger charge is 2.26. The third-order valence-electron chi connectivity index (χ3n) is 5.43. The average Bonchev–Trinajstić information content (AvgIpc) is 2.61. The van der Waals surface area contributed by atoms with E-state index in [-0.39, 0.29) is 5.56 Å². The molecule has 26 heavy (non-hydrogen) atoms. The number of nitrogens with one attached hydrogen (secondary N) is 1. The summed E-state index contributed by atoms with van der Waals surface area (Å²) in [4.78, 5) is 11.2. The summed E-state index contributed by atoms with van der Waals surface area (Å²) >= 11 is 0. The highest BCUT2D eigenvalue weighted by atomic mass is 19.1. The molecule has 0 saturated heterocycles. The summed E-state index contributed by atoms with van der Waals surface area (Å²) in [5.74, 6) is -1.05. The van der Waals surface area contributed by atoms with E-state index in [1.165, 1.54) is 31.7 Å². The van der Waals surface area contributed by atoms with Crippen LogP contribution in [0.4, 0.5) is 4.39 Å². The highest BCUT2D eigenvalue weighted by molar-refractivity contribution is 5.93. The van der Waals surface area contributed by atoms with Gasteiger partial charge >= 0.3 is 0 Å². The first-order chi connectivity index (χ1) is 12.3. The number of hydrogen-bond donors (Lipinski definition) is 2. The SMILES string of the molecule is CC1(C)CCC(NCc2cccc(-c3ccc(C(N)=O)cc3F)c2)CC1. The number of carbonyl (C=O) groups is 1. The summed E-state index contributed by atoms with van der Waals surface area (Å²) in [6.45, 7) is 5.45. The Labute approximate surface area is 154 Å². The third kappa shape index (κ3) is 4.50. The number of carbonyl (C=O) groups excluding carboxylic acids is 1. The largest absolute Gasteiger partial charge is 0.366 e. The van der Waals surface area contributed by atoms with E-state index in [1.807, 2.05) is 18.2 Å². The molecule has 0 heterocycles. The molecule has 1 aliphatic carbocycles. The molecule has 0 atom stereocenters. The molecule has 4 heteroatoms. The second-order valence-corrected chi connectivity index (χ2v) is 8.08. The third-order valence-corrected chi connectivity index (χ3v) is 5.43. The van der Waals surface area contributed by atoms with Crippen LogP contribution in [-0.4, -0.2) is 11.9 Å². The predicted molar refractivity (Wildman–Crippen MR) is 103 cm³/mol. The van der Waals surface area contributed by atoms with Crippen LogP contribution in [0.3, 0.4) is 0 Å². The fourth-order valence-corrected chi connectivity index (χ4v) is 3.62. The Balaban J connectivity index is 1.68. The van der Waals surface area contributed by atoms with Crippen molar-refractivity contribution in [3.05, 3.63) is 59.4 Å². The van der Waals surface area contributed by atoms with Gasteiger partial charge in [0, 0.05) is 23.7 Å². The molecular weight excluding hydrogens is 327 g/mol. The van der Waals surface area contributed by atoms with Crippen LogP contribution < -0.4 is 11.1 Å². The molecule has 3 nitrogen and oxygen atoms in total. The highest BCUT2D eigenvalue weighted by Crippen LogP contribution is 2.35. The van der Waals surface area contributed by atoms with Crippen LogP contribution in [0.2, 0.25) is 0 Å². The molecule has 3 N–H and O–H groups in total. The molecule has 1 aliphatic rings. The van der Waals surface area contributed by atoms with E-state index < -0.39 is 11.7 Å². The van der Waals surface area contributed by atoms with Gasteiger partial charge in [-0.25, -0.2) is 4.39 Å². The van der Waals surface area contributed by atoms with Crippen molar-refractivity contribution in [2.24, 2.45) is 11.1 Å². The minimum Gasteiger partial charge on any atom is -0.366 e. The summed E-state index contributed by atoms with van der Waals surface area (Å²) < 4.78 is 14.4. The molecule has 0 unspecified atom stereocenters. The first-order valence-corrected chi connectivity index (χ1v) is 9.26. The van der Waals surface area contributed by atoms with Crippen molar-refractivity contribution in [1.29, 1.82) is 0 Å². The zero-order chi connectivity index (χ0) is 18.7. The van der Waals surface area contributed by atoms with Gasteiger partial charge in [-0.3, -0.25) is 4.79 Å². The molecular formula is C22H27FN2O. The summed E-state index contributed by atoms with van der Waals surface area (Å²) in [5.41, 5.74) is 8.28. The molecule has 0 aliphatic heterocycles. The maximum Gasteiger partial charge on any atom is 0.248 e. The fraction of sp³-hybridized carbons (Fsp3) is 0.409. The normalized spacial score (nSPS) is 17.2. The van der Waals surface area contributed by atoms with Gasteiger partial charge in [0.2, 0.25) is 5.91 Å². The van der Waals surface area contributed by atoms with E-state index >= 15 is 0 Å². The van der Waals surface area contributed by atoms with Gasteiger partial charge in [0.15, 0.2) is 0 Å². The van der Waals surface area contributed by atoms with Crippen LogP contribution >= 0.6 is 0 Å². The standard InChI is InChI=1S/C22H27FN2O/c1-22(2)10-8-18(9-11-22)25-14-15-4-3-5-16(12-15)19-7-6-17(21(24)26)13-20(19)23/h3-7,12-13,18,25H,8-11,14H2,1-2H3,(H2,24,26). The second kappa shape index (κ2) is 7.58. The molecule has 0 spiro atoms. The van der Waals surface area contributed by atoms with Gasteiger partial charge in [-0.1, -0.05) is 38.1 Å². The minimum atomic E-state index is -0.621. The van der Waals surface area contributed by atoms with Gasteiger partial charge in [0.05, 0.1) is 0 Å².